The van der Waals surface area contributed by atoms with Gasteiger partial charge in [0.1, 0.15) is 11.4 Å². The molecule has 0 aromatic heterocycles. The number of benzene rings is 1. The molecular weight excluding hydrogens is 246 g/mol. The number of para-hydroxylation sites is 1. The van der Waals surface area contributed by atoms with Crippen molar-refractivity contribution in [2.24, 2.45) is 5.92 Å². The van der Waals surface area contributed by atoms with E-state index in [0.29, 0.717) is 17.9 Å². The fourth-order valence-electron chi connectivity index (χ4n) is 2.58. The van der Waals surface area contributed by atoms with Gasteiger partial charge in [-0.25, -0.2) is 0 Å². The fourth-order valence-corrected chi connectivity index (χ4v) is 2.58. The number of nitro groups is 1. The number of aliphatic hydroxyl groups is 1. The van der Waals surface area contributed by atoms with Crippen LogP contribution in [0.1, 0.15) is 13.3 Å². The number of nitro benzene ring substituents is 1. The van der Waals surface area contributed by atoms with Gasteiger partial charge in [-0.3, -0.25) is 10.1 Å². The van der Waals surface area contributed by atoms with E-state index in [1.54, 1.807) is 26.1 Å². The van der Waals surface area contributed by atoms with E-state index in [4.69, 9.17) is 0 Å². The predicted molar refractivity (Wildman–Crippen MR) is 74.6 cm³/mol. The van der Waals surface area contributed by atoms with Gasteiger partial charge in [0.05, 0.1) is 11.0 Å². The molecule has 0 radical (unpaired) electrons. The van der Waals surface area contributed by atoms with Crippen LogP contribution in [-0.4, -0.2) is 36.3 Å². The summed E-state index contributed by atoms with van der Waals surface area (Å²) in [7, 11) is 1.68. The molecule has 0 saturated carbocycles. The topological polar surface area (TPSA) is 78.6 Å². The van der Waals surface area contributed by atoms with E-state index in [1.807, 2.05) is 11.0 Å². The van der Waals surface area contributed by atoms with Gasteiger partial charge in [-0.15, -0.1) is 0 Å². The molecule has 1 fully saturated rings. The number of hydrogen-bond donors (Lipinski definition) is 2. The maximum atomic E-state index is 11.3. The van der Waals surface area contributed by atoms with Gasteiger partial charge < -0.3 is 15.3 Å². The van der Waals surface area contributed by atoms with E-state index in [9.17, 15) is 15.2 Å². The van der Waals surface area contributed by atoms with E-state index >= 15 is 0 Å². The van der Waals surface area contributed by atoms with E-state index in [2.05, 4.69) is 5.32 Å². The largest absolute Gasteiger partial charge is 0.393 e. The molecule has 6 nitrogen and oxygen atoms in total. The summed E-state index contributed by atoms with van der Waals surface area (Å²) in [6.07, 6.45) is 0.482. The zero-order valence-electron chi connectivity index (χ0n) is 11.2. The minimum absolute atomic E-state index is 0.108. The van der Waals surface area contributed by atoms with Crippen LogP contribution in [0.3, 0.4) is 0 Å². The highest BCUT2D eigenvalue weighted by Gasteiger charge is 2.31. The molecule has 0 amide bonds. The van der Waals surface area contributed by atoms with E-state index in [0.717, 1.165) is 13.0 Å². The molecule has 0 aliphatic carbocycles. The van der Waals surface area contributed by atoms with Crippen LogP contribution in [0.4, 0.5) is 17.1 Å². The average Bonchev–Trinajstić information content (AvgIpc) is 2.87. The number of anilines is 2. The molecule has 1 aromatic carbocycles. The van der Waals surface area contributed by atoms with Gasteiger partial charge in [-0.2, -0.15) is 0 Å². The second-order valence-corrected chi connectivity index (χ2v) is 4.92. The summed E-state index contributed by atoms with van der Waals surface area (Å²) in [6, 6.07) is 5.27. The van der Waals surface area contributed by atoms with Crippen LogP contribution in [0.25, 0.3) is 0 Å². The van der Waals surface area contributed by atoms with Crippen molar-refractivity contribution in [2.45, 2.75) is 19.4 Å². The number of nitrogens with zero attached hydrogens (tertiary/aromatic N) is 2. The Hall–Kier alpha value is -1.82. The van der Waals surface area contributed by atoms with Crippen LogP contribution in [-0.2, 0) is 0 Å². The lowest BCUT2D eigenvalue weighted by molar-refractivity contribution is -0.383. The predicted octanol–water partition coefficient (Wildman–Crippen LogP) is 1.84. The van der Waals surface area contributed by atoms with Gasteiger partial charge in [0.2, 0.25) is 0 Å². The van der Waals surface area contributed by atoms with Crippen molar-refractivity contribution < 1.29 is 10.0 Å². The number of nitrogens with one attached hydrogen (secondary N) is 1. The molecule has 0 spiro atoms. The van der Waals surface area contributed by atoms with Crippen LogP contribution in [0.5, 0.6) is 0 Å². The van der Waals surface area contributed by atoms with Crippen LogP contribution in [0.15, 0.2) is 18.2 Å². The quantitative estimate of drug-likeness (QED) is 0.641. The van der Waals surface area contributed by atoms with Crippen molar-refractivity contribution in [1.82, 2.24) is 0 Å². The Kier molecular flexibility index (Phi) is 3.90. The Morgan fingerprint density at radius 3 is 2.84 bits per heavy atom. The van der Waals surface area contributed by atoms with Gasteiger partial charge in [0, 0.05) is 26.1 Å². The molecule has 2 N–H and O–H groups in total. The van der Waals surface area contributed by atoms with Crippen LogP contribution in [0, 0.1) is 16.0 Å². The molecule has 2 unspecified atom stereocenters. The Morgan fingerprint density at radius 2 is 2.32 bits per heavy atom. The van der Waals surface area contributed by atoms with Gasteiger partial charge in [-0.1, -0.05) is 6.07 Å². The summed E-state index contributed by atoms with van der Waals surface area (Å²) in [5.74, 6) is 0.179. The Balaban J connectivity index is 2.33. The molecule has 104 valence electrons. The van der Waals surface area contributed by atoms with Crippen molar-refractivity contribution in [2.75, 3.05) is 30.4 Å². The third-order valence-corrected chi connectivity index (χ3v) is 3.71. The molecule has 19 heavy (non-hydrogen) atoms. The van der Waals surface area contributed by atoms with Crippen LogP contribution in [0.2, 0.25) is 0 Å². The minimum atomic E-state index is -0.378. The molecule has 1 aromatic rings. The normalized spacial score (nSPS) is 20.4. The molecule has 2 rings (SSSR count). The van der Waals surface area contributed by atoms with Crippen molar-refractivity contribution in [3.63, 3.8) is 0 Å². The molecule has 1 saturated heterocycles. The summed E-state index contributed by atoms with van der Waals surface area (Å²) in [5.41, 5.74) is 1.25. The molecule has 1 aliphatic heterocycles. The first-order valence-corrected chi connectivity index (χ1v) is 6.42. The van der Waals surface area contributed by atoms with Gasteiger partial charge >= 0.3 is 5.69 Å². The summed E-state index contributed by atoms with van der Waals surface area (Å²) < 4.78 is 0. The molecule has 2 atom stereocenters. The minimum Gasteiger partial charge on any atom is -0.393 e. The third kappa shape index (κ3) is 2.63. The first kappa shape index (κ1) is 13.6. The molecular formula is C13H19N3O3. The van der Waals surface area contributed by atoms with Crippen LogP contribution >= 0.6 is 0 Å². The van der Waals surface area contributed by atoms with E-state index in [1.165, 1.54) is 0 Å². The lowest BCUT2D eigenvalue weighted by Gasteiger charge is -2.20. The Morgan fingerprint density at radius 1 is 1.58 bits per heavy atom. The van der Waals surface area contributed by atoms with Crippen molar-refractivity contribution in [3.05, 3.63) is 28.3 Å². The van der Waals surface area contributed by atoms with E-state index < -0.39 is 0 Å². The highest BCUT2D eigenvalue weighted by atomic mass is 16.6. The fraction of sp³-hybridized carbons (Fsp3) is 0.538. The van der Waals surface area contributed by atoms with E-state index in [-0.39, 0.29) is 22.6 Å². The Labute approximate surface area is 112 Å². The van der Waals surface area contributed by atoms with Gasteiger partial charge in [0.15, 0.2) is 0 Å². The zero-order valence-corrected chi connectivity index (χ0v) is 11.2. The lowest BCUT2D eigenvalue weighted by atomic mass is 10.0. The first-order valence-electron chi connectivity index (χ1n) is 6.42. The monoisotopic (exact) mass is 265 g/mol. The first-order chi connectivity index (χ1) is 9.04. The lowest BCUT2D eigenvalue weighted by Crippen LogP contribution is -2.24. The summed E-state index contributed by atoms with van der Waals surface area (Å²) in [4.78, 5) is 12.9. The second-order valence-electron chi connectivity index (χ2n) is 4.92. The highest BCUT2D eigenvalue weighted by Crippen LogP contribution is 2.37. The summed E-state index contributed by atoms with van der Waals surface area (Å²) >= 11 is 0. The zero-order chi connectivity index (χ0) is 14.0. The summed E-state index contributed by atoms with van der Waals surface area (Å²) in [6.45, 7) is 3.17. The van der Waals surface area contributed by atoms with Crippen molar-refractivity contribution in [3.8, 4) is 0 Å². The third-order valence-electron chi connectivity index (χ3n) is 3.71. The standard InChI is InChI=1S/C13H19N3O3/c1-9(17)10-6-7-15(8-10)12-5-3-4-11(14-2)13(12)16(18)19/h3-5,9-10,14,17H,6-8H2,1-2H3. The molecule has 6 heteroatoms. The summed E-state index contributed by atoms with van der Waals surface area (Å²) in [5, 5.41) is 23.7. The highest BCUT2D eigenvalue weighted by molar-refractivity contribution is 5.77. The average molecular weight is 265 g/mol. The molecule has 1 heterocycles. The maximum Gasteiger partial charge on any atom is 0.315 e. The second kappa shape index (κ2) is 5.44. The smallest absolute Gasteiger partial charge is 0.315 e. The number of aliphatic hydroxyl groups excluding tert-OH is 1. The van der Waals surface area contributed by atoms with Gasteiger partial charge in [0.25, 0.3) is 0 Å². The molecule has 1 aliphatic rings. The number of hydrogen-bond acceptors (Lipinski definition) is 5. The molecule has 0 bridgehead atoms. The van der Waals surface area contributed by atoms with Crippen molar-refractivity contribution >= 4 is 17.1 Å². The number of rotatable bonds is 4. The van der Waals surface area contributed by atoms with Gasteiger partial charge in [-0.05, 0) is 25.5 Å². The van der Waals surface area contributed by atoms with Crippen LogP contribution < -0.4 is 10.2 Å². The Bertz CT molecular complexity index is 476. The SMILES string of the molecule is CNc1cccc(N2CCC(C(C)O)C2)c1[N+](=O)[O-]. The maximum absolute atomic E-state index is 11.3. The van der Waals surface area contributed by atoms with Crippen molar-refractivity contribution in [1.29, 1.82) is 0 Å².